The molecular weight excluding hydrogens is 132 g/mol. The van der Waals surface area contributed by atoms with Gasteiger partial charge in [-0.3, -0.25) is 0 Å². The fraction of sp³-hybridized carbons (Fsp3) is 0.636. The van der Waals surface area contributed by atoms with Crippen molar-refractivity contribution in [1.29, 1.82) is 0 Å². The number of unbranched alkanes of at least 4 members (excludes halogenated alkanes) is 4. The van der Waals surface area contributed by atoms with Crippen LogP contribution in [0.1, 0.15) is 45.4 Å². The van der Waals surface area contributed by atoms with Crippen LogP contribution in [0.5, 0.6) is 0 Å². The Morgan fingerprint density at radius 2 is 1.64 bits per heavy atom. The number of allylic oxidation sites excluding steroid dienone is 3. The quantitative estimate of drug-likeness (QED) is 0.381. The van der Waals surface area contributed by atoms with Crippen molar-refractivity contribution < 1.29 is 0 Å². The molecule has 64 valence electrons. The van der Waals surface area contributed by atoms with Gasteiger partial charge < -0.3 is 0 Å². The lowest BCUT2D eigenvalue weighted by atomic mass is 10.2. The van der Waals surface area contributed by atoms with Crippen LogP contribution in [0.3, 0.4) is 0 Å². The third-order valence-electron chi connectivity index (χ3n) is 1.67. The topological polar surface area (TPSA) is 0 Å². The molecule has 0 saturated carbocycles. The van der Waals surface area contributed by atoms with Crippen LogP contribution in [0.2, 0.25) is 0 Å². The minimum atomic E-state index is 1.15. The van der Waals surface area contributed by atoms with Gasteiger partial charge in [-0.1, -0.05) is 38.0 Å². The molecule has 0 aliphatic heterocycles. The van der Waals surface area contributed by atoms with E-state index >= 15 is 0 Å². The Labute approximate surface area is 71.0 Å². The van der Waals surface area contributed by atoms with E-state index in [1.165, 1.54) is 32.1 Å². The lowest BCUT2D eigenvalue weighted by Crippen LogP contribution is -1.69. The van der Waals surface area contributed by atoms with Crippen LogP contribution >= 0.6 is 0 Å². The van der Waals surface area contributed by atoms with E-state index in [0.717, 1.165) is 6.42 Å². The zero-order chi connectivity index (χ0) is 8.36. The molecule has 0 fully saturated rings. The van der Waals surface area contributed by atoms with E-state index in [2.05, 4.69) is 25.7 Å². The highest BCUT2D eigenvalue weighted by Crippen LogP contribution is 2.00. The first-order valence-electron chi connectivity index (χ1n) is 4.67. The van der Waals surface area contributed by atoms with Crippen molar-refractivity contribution in [2.45, 2.75) is 45.4 Å². The van der Waals surface area contributed by atoms with E-state index in [9.17, 15) is 0 Å². The summed E-state index contributed by atoms with van der Waals surface area (Å²) in [6.45, 7) is 5.91. The first-order valence-corrected chi connectivity index (χ1v) is 4.67. The predicted molar refractivity (Wildman–Crippen MR) is 52.7 cm³/mol. The smallest absolute Gasteiger partial charge is 0.0348 e. The Balaban J connectivity index is 2.97. The lowest BCUT2D eigenvalue weighted by Gasteiger charge is -1.90. The summed E-state index contributed by atoms with van der Waals surface area (Å²) in [5.74, 6) is 0. The fourth-order valence-electron chi connectivity index (χ4n) is 0.938. The molecule has 0 atom stereocenters. The van der Waals surface area contributed by atoms with Gasteiger partial charge >= 0.3 is 0 Å². The van der Waals surface area contributed by atoms with E-state index in [4.69, 9.17) is 0 Å². The number of hydrogen-bond donors (Lipinski definition) is 0. The van der Waals surface area contributed by atoms with Crippen LogP contribution in [0, 0.1) is 0 Å². The number of rotatable bonds is 7. The molecule has 11 heavy (non-hydrogen) atoms. The highest BCUT2D eigenvalue weighted by Gasteiger charge is 1.79. The van der Waals surface area contributed by atoms with E-state index in [-0.39, 0.29) is 0 Å². The molecule has 0 aromatic heterocycles. The first-order chi connectivity index (χ1) is 5.41. The van der Waals surface area contributed by atoms with Crippen LogP contribution in [0.15, 0.2) is 24.8 Å². The summed E-state index contributed by atoms with van der Waals surface area (Å²) < 4.78 is 0. The second-order valence-corrected chi connectivity index (χ2v) is 2.83. The molecule has 0 bridgehead atoms. The highest BCUT2D eigenvalue weighted by molar-refractivity contribution is 4.82. The molecule has 0 aliphatic carbocycles. The maximum absolute atomic E-state index is 3.68. The summed E-state index contributed by atoms with van der Waals surface area (Å²) in [4.78, 5) is 0. The molecule has 0 spiro atoms. The predicted octanol–water partition coefficient (Wildman–Crippen LogP) is 4.09. The van der Waals surface area contributed by atoms with Gasteiger partial charge in [0, 0.05) is 0 Å². The SMILES string of the molecule is C=CCCC/C=C/CCCC. The van der Waals surface area contributed by atoms with Gasteiger partial charge in [-0.2, -0.15) is 0 Å². The van der Waals surface area contributed by atoms with Gasteiger partial charge in [0.1, 0.15) is 0 Å². The van der Waals surface area contributed by atoms with Crippen molar-refractivity contribution in [3.63, 3.8) is 0 Å². The summed E-state index contributed by atoms with van der Waals surface area (Å²) in [7, 11) is 0. The van der Waals surface area contributed by atoms with Crippen LogP contribution < -0.4 is 0 Å². The molecule has 0 rings (SSSR count). The van der Waals surface area contributed by atoms with Crippen molar-refractivity contribution in [2.24, 2.45) is 0 Å². The lowest BCUT2D eigenvalue weighted by molar-refractivity contribution is 0.806. The van der Waals surface area contributed by atoms with Gasteiger partial charge in [-0.05, 0) is 25.7 Å². The van der Waals surface area contributed by atoms with Gasteiger partial charge in [0.2, 0.25) is 0 Å². The van der Waals surface area contributed by atoms with Crippen molar-refractivity contribution in [2.75, 3.05) is 0 Å². The maximum Gasteiger partial charge on any atom is -0.0348 e. The molecule has 0 aromatic rings. The zero-order valence-electron chi connectivity index (χ0n) is 7.68. The van der Waals surface area contributed by atoms with Crippen LogP contribution in [0.4, 0.5) is 0 Å². The van der Waals surface area contributed by atoms with Crippen molar-refractivity contribution >= 4 is 0 Å². The second-order valence-electron chi connectivity index (χ2n) is 2.83. The Morgan fingerprint density at radius 3 is 2.18 bits per heavy atom. The van der Waals surface area contributed by atoms with Crippen molar-refractivity contribution in [1.82, 2.24) is 0 Å². The Hall–Kier alpha value is -0.520. The summed E-state index contributed by atoms with van der Waals surface area (Å²) >= 11 is 0. The van der Waals surface area contributed by atoms with E-state index in [1.807, 2.05) is 6.08 Å². The standard InChI is InChI=1S/C11H20/c1-3-5-7-9-11-10-8-6-4-2/h3,10-11H,1,4-9H2,2H3/b11-10+. The van der Waals surface area contributed by atoms with Gasteiger partial charge in [-0.15, -0.1) is 6.58 Å². The summed E-state index contributed by atoms with van der Waals surface area (Å²) in [6, 6.07) is 0. The average molecular weight is 152 g/mol. The molecular formula is C11H20. The van der Waals surface area contributed by atoms with Gasteiger partial charge in [0.15, 0.2) is 0 Å². The third kappa shape index (κ3) is 9.48. The minimum Gasteiger partial charge on any atom is -0.103 e. The second kappa shape index (κ2) is 9.48. The summed E-state index contributed by atoms with van der Waals surface area (Å²) in [5, 5.41) is 0. The Kier molecular flexibility index (Phi) is 9.03. The largest absolute Gasteiger partial charge is 0.103 e. The Bertz CT molecular complexity index is 101. The monoisotopic (exact) mass is 152 g/mol. The fourth-order valence-corrected chi connectivity index (χ4v) is 0.938. The molecule has 0 heterocycles. The molecule has 0 nitrogen and oxygen atoms in total. The van der Waals surface area contributed by atoms with E-state index in [0.29, 0.717) is 0 Å². The van der Waals surface area contributed by atoms with Crippen molar-refractivity contribution in [3.05, 3.63) is 24.8 Å². The molecule has 0 N–H and O–H groups in total. The molecule has 0 aliphatic rings. The van der Waals surface area contributed by atoms with E-state index < -0.39 is 0 Å². The highest BCUT2D eigenvalue weighted by atomic mass is 13.9. The van der Waals surface area contributed by atoms with Gasteiger partial charge in [-0.25, -0.2) is 0 Å². The van der Waals surface area contributed by atoms with Gasteiger partial charge in [0.25, 0.3) is 0 Å². The van der Waals surface area contributed by atoms with Crippen LogP contribution in [-0.2, 0) is 0 Å². The average Bonchev–Trinajstić information content (AvgIpc) is 2.03. The zero-order valence-corrected chi connectivity index (χ0v) is 7.68. The molecule has 0 amide bonds. The summed E-state index contributed by atoms with van der Waals surface area (Å²) in [6.07, 6.45) is 14.1. The molecule has 0 heteroatoms. The Morgan fingerprint density at radius 1 is 1.00 bits per heavy atom. The van der Waals surface area contributed by atoms with E-state index in [1.54, 1.807) is 0 Å². The molecule has 0 unspecified atom stereocenters. The van der Waals surface area contributed by atoms with Crippen LogP contribution in [0.25, 0.3) is 0 Å². The molecule has 0 saturated heterocycles. The van der Waals surface area contributed by atoms with Crippen molar-refractivity contribution in [3.8, 4) is 0 Å². The third-order valence-corrected chi connectivity index (χ3v) is 1.67. The number of hydrogen-bond acceptors (Lipinski definition) is 0. The normalized spacial score (nSPS) is 10.6. The molecule has 0 aromatic carbocycles. The van der Waals surface area contributed by atoms with Crippen LogP contribution in [-0.4, -0.2) is 0 Å². The maximum atomic E-state index is 3.68. The minimum absolute atomic E-state index is 1.15. The van der Waals surface area contributed by atoms with Gasteiger partial charge in [0.05, 0.1) is 0 Å². The first kappa shape index (κ1) is 10.5. The molecule has 0 radical (unpaired) electrons. The summed E-state index contributed by atoms with van der Waals surface area (Å²) in [5.41, 5.74) is 0.